The van der Waals surface area contributed by atoms with Gasteiger partial charge in [-0.3, -0.25) is 9.69 Å². The minimum absolute atomic E-state index is 0.0938. The molecule has 2 aromatic carbocycles. The number of hydrogen-bond acceptors (Lipinski definition) is 5. The lowest BCUT2D eigenvalue weighted by atomic mass is 10.1. The van der Waals surface area contributed by atoms with Crippen LogP contribution in [-0.2, 0) is 4.79 Å². The monoisotopic (exact) mass is 445 g/mol. The molecule has 1 amide bonds. The lowest BCUT2D eigenvalue weighted by molar-refractivity contribution is -0.116. The van der Waals surface area contributed by atoms with E-state index in [4.69, 9.17) is 4.74 Å². The third kappa shape index (κ3) is 6.95. The van der Waals surface area contributed by atoms with Crippen LogP contribution in [-0.4, -0.2) is 63.8 Å². The highest BCUT2D eigenvalue weighted by Crippen LogP contribution is 2.33. The summed E-state index contributed by atoms with van der Waals surface area (Å²) in [6.45, 7) is 2.43. The van der Waals surface area contributed by atoms with E-state index in [0.717, 1.165) is 39.1 Å². The standard InChI is InChI=1S/C24H29F2N3O3/c1-31-21-10-5-7-19(23(21)32-24(25)26)11-12-22(30)27-13-6-14-28-15-17-29(18-16-28)20-8-3-2-4-9-20/h2-5,7-12,24H,6,13-18H2,1H3,(H,27,30)/b12-11+. The molecule has 0 aliphatic carbocycles. The second-order valence-electron chi connectivity index (χ2n) is 7.40. The molecule has 1 N–H and O–H groups in total. The Bertz CT molecular complexity index is 885. The number of piperazine rings is 1. The zero-order chi connectivity index (χ0) is 22.8. The van der Waals surface area contributed by atoms with E-state index in [1.165, 1.54) is 31.0 Å². The number of alkyl halides is 2. The Morgan fingerprint density at radius 1 is 1.09 bits per heavy atom. The number of hydrogen-bond donors (Lipinski definition) is 1. The number of carbonyl (C=O) groups excluding carboxylic acids is 1. The number of methoxy groups -OCH3 is 1. The molecule has 0 saturated carbocycles. The number of halogens is 2. The number of nitrogens with zero attached hydrogens (tertiary/aromatic N) is 2. The average Bonchev–Trinajstić information content (AvgIpc) is 2.81. The first kappa shape index (κ1) is 23.5. The van der Waals surface area contributed by atoms with Crippen LogP contribution in [0.25, 0.3) is 6.08 Å². The molecule has 6 nitrogen and oxygen atoms in total. The van der Waals surface area contributed by atoms with Gasteiger partial charge in [0.05, 0.1) is 7.11 Å². The quantitative estimate of drug-likeness (QED) is 0.447. The number of nitrogens with one attached hydrogen (secondary N) is 1. The zero-order valence-electron chi connectivity index (χ0n) is 18.2. The van der Waals surface area contributed by atoms with E-state index < -0.39 is 6.61 Å². The number of carbonyl (C=O) groups is 1. The molecule has 0 spiro atoms. The van der Waals surface area contributed by atoms with Crippen LogP contribution in [0.2, 0.25) is 0 Å². The van der Waals surface area contributed by atoms with Gasteiger partial charge in [-0.05, 0) is 37.2 Å². The third-order valence-electron chi connectivity index (χ3n) is 5.29. The van der Waals surface area contributed by atoms with Crippen molar-refractivity contribution in [1.29, 1.82) is 0 Å². The molecule has 3 rings (SSSR count). The number of amides is 1. The van der Waals surface area contributed by atoms with Crippen LogP contribution >= 0.6 is 0 Å². The molecule has 1 aliphatic rings. The van der Waals surface area contributed by atoms with Gasteiger partial charge in [-0.25, -0.2) is 0 Å². The van der Waals surface area contributed by atoms with Crippen LogP contribution in [0.5, 0.6) is 11.5 Å². The summed E-state index contributed by atoms with van der Waals surface area (Å²) in [5.74, 6) is -0.200. The van der Waals surface area contributed by atoms with Crippen molar-refractivity contribution >= 4 is 17.7 Å². The van der Waals surface area contributed by atoms with Gasteiger partial charge in [-0.2, -0.15) is 8.78 Å². The number of anilines is 1. The largest absolute Gasteiger partial charge is 0.493 e. The minimum Gasteiger partial charge on any atom is -0.493 e. The zero-order valence-corrected chi connectivity index (χ0v) is 18.2. The Kier molecular flexibility index (Phi) is 8.86. The van der Waals surface area contributed by atoms with Crippen LogP contribution in [0.15, 0.2) is 54.6 Å². The molecule has 2 aromatic rings. The maximum absolute atomic E-state index is 12.7. The van der Waals surface area contributed by atoms with Gasteiger partial charge in [0.1, 0.15) is 0 Å². The average molecular weight is 446 g/mol. The minimum atomic E-state index is -2.98. The molecule has 0 unspecified atom stereocenters. The molecule has 8 heteroatoms. The molecule has 0 atom stereocenters. The third-order valence-corrected chi connectivity index (χ3v) is 5.29. The Morgan fingerprint density at radius 2 is 1.84 bits per heavy atom. The summed E-state index contributed by atoms with van der Waals surface area (Å²) in [5, 5.41) is 2.83. The summed E-state index contributed by atoms with van der Waals surface area (Å²) in [6, 6.07) is 15.1. The highest BCUT2D eigenvalue weighted by molar-refractivity contribution is 5.92. The van der Waals surface area contributed by atoms with Crippen molar-refractivity contribution in [3.05, 3.63) is 60.2 Å². The molecular weight excluding hydrogens is 416 g/mol. The Labute approximate surface area is 187 Å². The van der Waals surface area contributed by atoms with Gasteiger partial charge in [0.15, 0.2) is 11.5 Å². The van der Waals surface area contributed by atoms with Crippen LogP contribution in [0.1, 0.15) is 12.0 Å². The lowest BCUT2D eigenvalue weighted by Crippen LogP contribution is -2.47. The van der Waals surface area contributed by atoms with E-state index in [0.29, 0.717) is 12.1 Å². The molecule has 1 aliphatic heterocycles. The summed E-state index contributed by atoms with van der Waals surface area (Å²) in [7, 11) is 1.37. The maximum atomic E-state index is 12.7. The predicted molar refractivity (Wildman–Crippen MR) is 121 cm³/mol. The molecule has 0 radical (unpaired) electrons. The molecule has 1 heterocycles. The highest BCUT2D eigenvalue weighted by atomic mass is 19.3. The second-order valence-corrected chi connectivity index (χ2v) is 7.40. The van der Waals surface area contributed by atoms with E-state index in [2.05, 4.69) is 44.1 Å². The first-order valence-corrected chi connectivity index (χ1v) is 10.7. The van der Waals surface area contributed by atoms with Crippen molar-refractivity contribution in [2.24, 2.45) is 0 Å². The highest BCUT2D eigenvalue weighted by Gasteiger charge is 2.17. The van der Waals surface area contributed by atoms with Gasteiger partial charge in [-0.15, -0.1) is 0 Å². The summed E-state index contributed by atoms with van der Waals surface area (Å²) in [4.78, 5) is 16.9. The van der Waals surface area contributed by atoms with Crippen molar-refractivity contribution in [3.8, 4) is 11.5 Å². The fraction of sp³-hybridized carbons (Fsp3) is 0.375. The number of ether oxygens (including phenoxy) is 2. The molecule has 0 bridgehead atoms. The number of para-hydroxylation sites is 2. The summed E-state index contributed by atoms with van der Waals surface area (Å²) >= 11 is 0. The summed E-state index contributed by atoms with van der Waals surface area (Å²) in [6.07, 6.45) is 3.59. The van der Waals surface area contributed by atoms with Gasteiger partial charge < -0.3 is 19.7 Å². The van der Waals surface area contributed by atoms with Crippen molar-refractivity contribution in [3.63, 3.8) is 0 Å². The SMILES string of the molecule is COc1cccc(/C=C/C(=O)NCCCN2CCN(c3ccccc3)CC2)c1OC(F)F. The molecule has 0 aromatic heterocycles. The van der Waals surface area contributed by atoms with Crippen molar-refractivity contribution in [1.82, 2.24) is 10.2 Å². The number of rotatable bonds is 10. The summed E-state index contributed by atoms with van der Waals surface area (Å²) in [5.41, 5.74) is 1.60. The van der Waals surface area contributed by atoms with E-state index in [-0.39, 0.29) is 17.4 Å². The van der Waals surface area contributed by atoms with Crippen LogP contribution < -0.4 is 19.7 Å². The first-order valence-electron chi connectivity index (χ1n) is 10.7. The van der Waals surface area contributed by atoms with E-state index >= 15 is 0 Å². The topological polar surface area (TPSA) is 54.0 Å². The Balaban J connectivity index is 1.39. The lowest BCUT2D eigenvalue weighted by Gasteiger charge is -2.36. The maximum Gasteiger partial charge on any atom is 0.387 e. The Hall–Kier alpha value is -3.13. The number of benzene rings is 2. The van der Waals surface area contributed by atoms with E-state index in [1.54, 1.807) is 12.1 Å². The predicted octanol–water partition coefficient (Wildman–Crippen LogP) is 3.64. The van der Waals surface area contributed by atoms with Gasteiger partial charge >= 0.3 is 6.61 Å². The summed E-state index contributed by atoms with van der Waals surface area (Å²) < 4.78 is 35.0. The normalized spacial score (nSPS) is 14.7. The van der Waals surface area contributed by atoms with Crippen LogP contribution in [0, 0.1) is 0 Å². The van der Waals surface area contributed by atoms with E-state index in [1.807, 2.05) is 6.07 Å². The second kappa shape index (κ2) is 12.0. The fourth-order valence-corrected chi connectivity index (χ4v) is 3.65. The van der Waals surface area contributed by atoms with Crippen molar-refractivity contribution < 1.29 is 23.0 Å². The van der Waals surface area contributed by atoms with Crippen LogP contribution in [0.3, 0.4) is 0 Å². The van der Waals surface area contributed by atoms with Crippen LogP contribution in [0.4, 0.5) is 14.5 Å². The molecular formula is C24H29F2N3O3. The van der Waals surface area contributed by atoms with Gasteiger partial charge in [0, 0.05) is 50.1 Å². The Morgan fingerprint density at radius 3 is 2.53 bits per heavy atom. The molecule has 172 valence electrons. The smallest absolute Gasteiger partial charge is 0.387 e. The fourth-order valence-electron chi connectivity index (χ4n) is 3.65. The van der Waals surface area contributed by atoms with Crippen molar-refractivity contribution in [2.75, 3.05) is 51.3 Å². The van der Waals surface area contributed by atoms with Crippen molar-refractivity contribution in [2.45, 2.75) is 13.0 Å². The van der Waals surface area contributed by atoms with Gasteiger partial charge in [-0.1, -0.05) is 30.3 Å². The van der Waals surface area contributed by atoms with Gasteiger partial charge in [0.2, 0.25) is 5.91 Å². The molecule has 1 fully saturated rings. The molecule has 32 heavy (non-hydrogen) atoms. The van der Waals surface area contributed by atoms with Gasteiger partial charge in [0.25, 0.3) is 0 Å². The molecule has 1 saturated heterocycles. The first-order chi connectivity index (χ1) is 15.6. The van der Waals surface area contributed by atoms with E-state index in [9.17, 15) is 13.6 Å².